The van der Waals surface area contributed by atoms with E-state index in [1.165, 1.54) is 0 Å². The smallest absolute Gasteiger partial charge is 0.255 e. The zero-order valence-corrected chi connectivity index (χ0v) is 17.4. The molecular weight excluding hydrogens is 395 g/mol. The molecule has 2 aromatic heterocycles. The zero-order chi connectivity index (χ0) is 19.8. The van der Waals surface area contributed by atoms with Crippen molar-refractivity contribution in [2.45, 2.75) is 19.9 Å². The van der Waals surface area contributed by atoms with Gasteiger partial charge >= 0.3 is 0 Å². The average Bonchev–Trinajstić information content (AvgIpc) is 3.09. The summed E-state index contributed by atoms with van der Waals surface area (Å²) in [5.41, 5.74) is 2.38. The first kappa shape index (κ1) is 19.2. The minimum absolute atomic E-state index is 0.00462. The molecule has 1 aromatic carbocycles. The van der Waals surface area contributed by atoms with Crippen molar-refractivity contribution in [3.63, 3.8) is 0 Å². The van der Waals surface area contributed by atoms with Gasteiger partial charge in [-0.05, 0) is 44.2 Å². The SMILES string of the molecule is CC(C)N1CCN(C(=O)c2cc3ccn(-c4ccnc(Cl)c4)c3cc2Cl)CC1. The number of benzene rings is 1. The molecule has 1 aliphatic heterocycles. The molecular formula is C21H22Cl2N4O. The number of rotatable bonds is 3. The van der Waals surface area contributed by atoms with Gasteiger partial charge in [-0.2, -0.15) is 0 Å². The van der Waals surface area contributed by atoms with Crippen LogP contribution in [0.1, 0.15) is 24.2 Å². The summed E-state index contributed by atoms with van der Waals surface area (Å²) in [7, 11) is 0. The molecule has 5 nitrogen and oxygen atoms in total. The van der Waals surface area contributed by atoms with Crippen molar-refractivity contribution in [3.05, 3.63) is 58.5 Å². The standard InChI is InChI=1S/C21H22Cl2N4O/c1-14(2)25-7-9-26(10-8-25)21(28)17-11-15-4-6-27(19(15)13-18(17)22)16-3-5-24-20(23)12-16/h3-6,11-14H,7-10H2,1-2H3. The van der Waals surface area contributed by atoms with Gasteiger partial charge in [0.05, 0.1) is 21.8 Å². The molecule has 3 heterocycles. The van der Waals surface area contributed by atoms with Crippen LogP contribution >= 0.6 is 23.2 Å². The van der Waals surface area contributed by atoms with Crippen LogP contribution in [0.3, 0.4) is 0 Å². The fourth-order valence-electron chi connectivity index (χ4n) is 3.70. The molecule has 0 bridgehead atoms. The lowest BCUT2D eigenvalue weighted by atomic mass is 10.1. The first-order valence-electron chi connectivity index (χ1n) is 9.40. The van der Waals surface area contributed by atoms with E-state index in [9.17, 15) is 4.79 Å². The highest BCUT2D eigenvalue weighted by atomic mass is 35.5. The third-order valence-corrected chi connectivity index (χ3v) is 5.85. The predicted octanol–water partition coefficient (Wildman–Crippen LogP) is 4.50. The Morgan fingerprint density at radius 3 is 2.50 bits per heavy atom. The number of carbonyl (C=O) groups excluding carboxylic acids is 1. The van der Waals surface area contributed by atoms with Gasteiger partial charge in [0.2, 0.25) is 0 Å². The molecule has 0 aliphatic carbocycles. The van der Waals surface area contributed by atoms with Gasteiger partial charge in [-0.25, -0.2) is 4.98 Å². The molecule has 4 rings (SSSR count). The first-order chi connectivity index (χ1) is 13.4. The Morgan fingerprint density at radius 1 is 1.07 bits per heavy atom. The molecule has 1 saturated heterocycles. The second-order valence-corrected chi connectivity index (χ2v) is 8.13. The van der Waals surface area contributed by atoms with Crippen molar-refractivity contribution >= 4 is 40.0 Å². The predicted molar refractivity (Wildman–Crippen MR) is 114 cm³/mol. The largest absolute Gasteiger partial charge is 0.336 e. The van der Waals surface area contributed by atoms with E-state index in [4.69, 9.17) is 23.2 Å². The molecule has 1 aliphatic rings. The van der Waals surface area contributed by atoms with Crippen molar-refractivity contribution in [1.82, 2.24) is 19.4 Å². The minimum atomic E-state index is -0.00462. The van der Waals surface area contributed by atoms with Crippen molar-refractivity contribution in [2.75, 3.05) is 26.2 Å². The van der Waals surface area contributed by atoms with Gasteiger partial charge in [-0.3, -0.25) is 9.69 Å². The summed E-state index contributed by atoms with van der Waals surface area (Å²) >= 11 is 12.6. The van der Waals surface area contributed by atoms with Crippen molar-refractivity contribution in [1.29, 1.82) is 0 Å². The van der Waals surface area contributed by atoms with Crippen LogP contribution in [0.2, 0.25) is 10.2 Å². The van der Waals surface area contributed by atoms with E-state index in [1.54, 1.807) is 12.3 Å². The fraction of sp³-hybridized carbons (Fsp3) is 0.333. The second kappa shape index (κ2) is 7.74. The normalized spacial score (nSPS) is 15.5. The van der Waals surface area contributed by atoms with E-state index in [2.05, 4.69) is 23.7 Å². The number of aromatic nitrogens is 2. The van der Waals surface area contributed by atoms with Crippen molar-refractivity contribution in [3.8, 4) is 5.69 Å². The van der Waals surface area contributed by atoms with Crippen LogP contribution in [0, 0.1) is 0 Å². The maximum absolute atomic E-state index is 13.1. The lowest BCUT2D eigenvalue weighted by Gasteiger charge is -2.37. The van der Waals surface area contributed by atoms with Crippen molar-refractivity contribution in [2.24, 2.45) is 0 Å². The van der Waals surface area contributed by atoms with Gasteiger partial charge in [0, 0.05) is 50.0 Å². The summed E-state index contributed by atoms with van der Waals surface area (Å²) in [6, 6.07) is 9.89. The third-order valence-electron chi connectivity index (χ3n) is 5.33. The molecule has 7 heteroatoms. The number of hydrogen-bond acceptors (Lipinski definition) is 3. The molecule has 0 spiro atoms. The van der Waals surface area contributed by atoms with Gasteiger partial charge in [-0.15, -0.1) is 0 Å². The Kier molecular flexibility index (Phi) is 5.32. The van der Waals surface area contributed by atoms with Gasteiger partial charge in [0.15, 0.2) is 0 Å². The number of fused-ring (bicyclic) bond motifs is 1. The van der Waals surface area contributed by atoms with E-state index < -0.39 is 0 Å². The molecule has 0 N–H and O–H groups in total. The summed E-state index contributed by atoms with van der Waals surface area (Å²) < 4.78 is 1.99. The van der Waals surface area contributed by atoms with E-state index in [-0.39, 0.29) is 5.91 Å². The summed E-state index contributed by atoms with van der Waals surface area (Å²) in [5.74, 6) is -0.00462. The third kappa shape index (κ3) is 3.62. The summed E-state index contributed by atoms with van der Waals surface area (Å²) in [5, 5.41) is 1.85. The van der Waals surface area contributed by atoms with Crippen LogP contribution < -0.4 is 0 Å². The lowest BCUT2D eigenvalue weighted by molar-refractivity contribution is 0.0596. The van der Waals surface area contributed by atoms with E-state index in [1.807, 2.05) is 39.9 Å². The highest BCUT2D eigenvalue weighted by molar-refractivity contribution is 6.34. The Labute approximate surface area is 174 Å². The summed E-state index contributed by atoms with van der Waals surface area (Å²) in [6.07, 6.45) is 3.61. The second-order valence-electron chi connectivity index (χ2n) is 7.34. The van der Waals surface area contributed by atoms with Crippen molar-refractivity contribution < 1.29 is 4.79 Å². The first-order valence-corrected chi connectivity index (χ1v) is 10.2. The maximum atomic E-state index is 13.1. The van der Waals surface area contributed by atoms with Crippen LogP contribution in [0.5, 0.6) is 0 Å². The number of carbonyl (C=O) groups is 1. The average molecular weight is 417 g/mol. The number of pyridine rings is 1. The van der Waals surface area contributed by atoms with E-state index in [0.29, 0.717) is 21.8 Å². The maximum Gasteiger partial charge on any atom is 0.255 e. The Morgan fingerprint density at radius 2 is 1.82 bits per heavy atom. The molecule has 3 aromatic rings. The fourth-order valence-corrected chi connectivity index (χ4v) is 4.11. The molecule has 0 unspecified atom stereocenters. The summed E-state index contributed by atoms with van der Waals surface area (Å²) in [4.78, 5) is 21.4. The Balaban J connectivity index is 1.63. The van der Waals surface area contributed by atoms with E-state index >= 15 is 0 Å². The minimum Gasteiger partial charge on any atom is -0.336 e. The van der Waals surface area contributed by atoms with Gasteiger partial charge in [0.25, 0.3) is 5.91 Å². The lowest BCUT2D eigenvalue weighted by Crippen LogP contribution is -2.50. The topological polar surface area (TPSA) is 41.4 Å². The molecule has 0 radical (unpaired) electrons. The summed E-state index contributed by atoms with van der Waals surface area (Å²) in [6.45, 7) is 7.60. The van der Waals surface area contributed by atoms with Gasteiger partial charge in [0.1, 0.15) is 5.15 Å². The van der Waals surface area contributed by atoms with Crippen LogP contribution in [0.25, 0.3) is 16.6 Å². The van der Waals surface area contributed by atoms with Crippen LogP contribution in [-0.2, 0) is 0 Å². The number of piperazine rings is 1. The number of amides is 1. The van der Waals surface area contributed by atoms with Crippen LogP contribution in [0.15, 0.2) is 42.7 Å². The molecule has 1 amide bonds. The highest BCUT2D eigenvalue weighted by Crippen LogP contribution is 2.29. The quantitative estimate of drug-likeness (QED) is 0.590. The Bertz CT molecular complexity index is 1020. The molecule has 1 fully saturated rings. The zero-order valence-electron chi connectivity index (χ0n) is 15.9. The molecule has 0 saturated carbocycles. The van der Waals surface area contributed by atoms with E-state index in [0.717, 1.165) is 42.8 Å². The number of halogens is 2. The van der Waals surface area contributed by atoms with Crippen LogP contribution in [0.4, 0.5) is 0 Å². The number of nitrogens with zero attached hydrogens (tertiary/aromatic N) is 4. The van der Waals surface area contributed by atoms with Gasteiger partial charge < -0.3 is 9.47 Å². The molecule has 146 valence electrons. The number of hydrogen-bond donors (Lipinski definition) is 0. The Hall–Kier alpha value is -2.08. The molecule has 0 atom stereocenters. The molecule has 28 heavy (non-hydrogen) atoms. The highest BCUT2D eigenvalue weighted by Gasteiger charge is 2.25. The van der Waals surface area contributed by atoms with Gasteiger partial charge in [-0.1, -0.05) is 23.2 Å². The van der Waals surface area contributed by atoms with Crippen LogP contribution in [-0.4, -0.2) is 57.5 Å². The monoisotopic (exact) mass is 416 g/mol.